The molecule has 0 aromatic rings. The number of carbonyl (C=O) groups excluding carboxylic acids is 2. The standard InChI is InChI=1S/C15H25Cl3O3Si/c16-22(17,18)11-9-7-5-3-1-2-4-6-8-10-13-12-14(19)21-15(13)20/h13H,1-12H2. The fourth-order valence-corrected chi connectivity index (χ4v) is 4.55. The van der Waals surface area contributed by atoms with Gasteiger partial charge in [-0.05, 0) is 12.5 Å². The van der Waals surface area contributed by atoms with Gasteiger partial charge in [-0.1, -0.05) is 57.8 Å². The lowest BCUT2D eigenvalue weighted by Gasteiger charge is -2.07. The molecule has 1 saturated heterocycles. The molecule has 1 rings (SSSR count). The molecule has 0 amide bonds. The van der Waals surface area contributed by atoms with E-state index in [-0.39, 0.29) is 24.3 Å². The van der Waals surface area contributed by atoms with Crippen molar-refractivity contribution in [3.8, 4) is 0 Å². The number of ether oxygens (including phenoxy) is 1. The summed E-state index contributed by atoms with van der Waals surface area (Å²) in [4.78, 5) is 22.2. The Bertz CT molecular complexity index is 358. The summed E-state index contributed by atoms with van der Waals surface area (Å²) in [6.07, 6.45) is 11.5. The van der Waals surface area contributed by atoms with Crippen molar-refractivity contribution in [2.75, 3.05) is 0 Å². The highest BCUT2D eigenvalue weighted by molar-refractivity contribution is 7.64. The number of halogens is 3. The first-order valence-electron chi connectivity index (χ1n) is 8.20. The summed E-state index contributed by atoms with van der Waals surface area (Å²) in [5.41, 5.74) is 0. The quantitative estimate of drug-likeness (QED) is 0.143. The first-order valence-corrected chi connectivity index (χ1v) is 13.4. The van der Waals surface area contributed by atoms with E-state index in [2.05, 4.69) is 4.74 Å². The third kappa shape index (κ3) is 10.1. The molecule has 1 aliphatic rings. The molecule has 0 aromatic carbocycles. The molecule has 1 aliphatic heterocycles. The molecule has 0 N–H and O–H groups in total. The Kier molecular flexibility index (Phi) is 10.0. The number of hydrogen-bond donors (Lipinski definition) is 0. The van der Waals surface area contributed by atoms with Gasteiger partial charge in [-0.3, -0.25) is 9.59 Å². The van der Waals surface area contributed by atoms with Gasteiger partial charge in [0.25, 0.3) is 0 Å². The van der Waals surface area contributed by atoms with Crippen molar-refractivity contribution in [1.29, 1.82) is 0 Å². The summed E-state index contributed by atoms with van der Waals surface area (Å²) in [6.45, 7) is 0. The molecule has 22 heavy (non-hydrogen) atoms. The van der Waals surface area contributed by atoms with Crippen molar-refractivity contribution < 1.29 is 14.3 Å². The van der Waals surface area contributed by atoms with E-state index in [9.17, 15) is 9.59 Å². The van der Waals surface area contributed by atoms with Crippen molar-refractivity contribution in [2.24, 2.45) is 5.92 Å². The summed E-state index contributed by atoms with van der Waals surface area (Å²) < 4.78 is 4.54. The monoisotopic (exact) mass is 386 g/mol. The van der Waals surface area contributed by atoms with E-state index < -0.39 is 6.00 Å². The van der Waals surface area contributed by atoms with Crippen LogP contribution in [0.15, 0.2) is 0 Å². The highest BCUT2D eigenvalue weighted by Crippen LogP contribution is 2.27. The second kappa shape index (κ2) is 10.9. The molecule has 0 aliphatic carbocycles. The Morgan fingerprint density at radius 1 is 0.864 bits per heavy atom. The van der Waals surface area contributed by atoms with Gasteiger partial charge in [-0.2, -0.15) is 0 Å². The number of esters is 2. The molecule has 3 nitrogen and oxygen atoms in total. The van der Waals surface area contributed by atoms with Crippen LogP contribution < -0.4 is 0 Å². The highest BCUT2D eigenvalue weighted by Gasteiger charge is 2.32. The number of carbonyl (C=O) groups is 2. The van der Waals surface area contributed by atoms with Gasteiger partial charge in [0.05, 0.1) is 12.3 Å². The van der Waals surface area contributed by atoms with Crippen LogP contribution in [0.4, 0.5) is 0 Å². The fraction of sp³-hybridized carbons (Fsp3) is 0.867. The number of unbranched alkanes of at least 4 members (excludes halogenated alkanes) is 8. The Morgan fingerprint density at radius 2 is 1.36 bits per heavy atom. The normalized spacial score (nSPS) is 18.8. The summed E-state index contributed by atoms with van der Waals surface area (Å²) >= 11 is 17.5. The molecular formula is C15H25Cl3O3Si. The summed E-state index contributed by atoms with van der Waals surface area (Å²) in [5.74, 6) is -0.885. The first kappa shape index (κ1) is 20.3. The molecule has 1 heterocycles. The molecule has 7 heteroatoms. The first-order chi connectivity index (χ1) is 10.4. The Labute approximate surface area is 148 Å². The molecule has 0 spiro atoms. The van der Waals surface area contributed by atoms with Crippen LogP contribution in [0.3, 0.4) is 0 Å². The minimum atomic E-state index is -2.41. The Morgan fingerprint density at radius 3 is 1.82 bits per heavy atom. The minimum Gasteiger partial charge on any atom is -0.393 e. The van der Waals surface area contributed by atoms with Crippen LogP contribution in [0, 0.1) is 5.92 Å². The van der Waals surface area contributed by atoms with Crippen LogP contribution in [0.25, 0.3) is 0 Å². The van der Waals surface area contributed by atoms with Crippen LogP contribution in [0.5, 0.6) is 0 Å². The number of hydrogen-bond acceptors (Lipinski definition) is 3. The van der Waals surface area contributed by atoms with Gasteiger partial charge < -0.3 is 4.74 Å². The third-order valence-corrected chi connectivity index (χ3v) is 6.60. The van der Waals surface area contributed by atoms with Crippen molar-refractivity contribution in [3.05, 3.63) is 0 Å². The second-order valence-corrected chi connectivity index (χ2v) is 15.3. The zero-order valence-electron chi connectivity index (χ0n) is 12.9. The second-order valence-electron chi connectivity index (χ2n) is 6.03. The molecule has 0 radical (unpaired) electrons. The molecular weight excluding hydrogens is 363 g/mol. The van der Waals surface area contributed by atoms with E-state index in [0.717, 1.165) is 38.1 Å². The molecule has 0 bridgehead atoms. The largest absolute Gasteiger partial charge is 0.393 e. The molecule has 0 aromatic heterocycles. The van der Waals surface area contributed by atoms with Gasteiger partial charge >= 0.3 is 17.9 Å². The van der Waals surface area contributed by atoms with Gasteiger partial charge in [0.2, 0.25) is 0 Å². The smallest absolute Gasteiger partial charge is 0.341 e. The average Bonchev–Trinajstić information content (AvgIpc) is 2.73. The van der Waals surface area contributed by atoms with Crippen molar-refractivity contribution in [1.82, 2.24) is 0 Å². The van der Waals surface area contributed by atoms with E-state index >= 15 is 0 Å². The molecule has 1 fully saturated rings. The van der Waals surface area contributed by atoms with Gasteiger partial charge in [0.1, 0.15) is 0 Å². The molecule has 1 atom stereocenters. The van der Waals surface area contributed by atoms with Crippen molar-refractivity contribution >= 4 is 51.2 Å². The van der Waals surface area contributed by atoms with E-state index in [0.29, 0.717) is 0 Å². The van der Waals surface area contributed by atoms with E-state index in [1.54, 1.807) is 0 Å². The number of rotatable bonds is 12. The van der Waals surface area contributed by atoms with Gasteiger partial charge in [0.15, 0.2) is 0 Å². The van der Waals surface area contributed by atoms with Crippen LogP contribution in [0.2, 0.25) is 6.04 Å². The summed E-state index contributed by atoms with van der Waals surface area (Å²) in [5, 5.41) is 0. The van der Waals surface area contributed by atoms with Crippen molar-refractivity contribution in [2.45, 2.75) is 76.7 Å². The molecule has 0 saturated carbocycles. The highest BCUT2D eigenvalue weighted by atomic mass is 35.8. The van der Waals surface area contributed by atoms with Crippen LogP contribution >= 0.6 is 33.2 Å². The molecule has 128 valence electrons. The maximum absolute atomic E-state index is 11.3. The Balaban J connectivity index is 1.82. The minimum absolute atomic E-state index is 0.186. The lowest BCUT2D eigenvalue weighted by molar-refractivity contribution is -0.153. The molecule has 1 unspecified atom stereocenters. The zero-order chi connectivity index (χ0) is 16.4. The van der Waals surface area contributed by atoms with E-state index in [4.69, 9.17) is 33.2 Å². The number of cyclic esters (lactones) is 2. The van der Waals surface area contributed by atoms with E-state index in [1.165, 1.54) is 32.1 Å². The summed E-state index contributed by atoms with van der Waals surface area (Å²) in [6, 6.07) is -1.64. The predicted molar refractivity (Wildman–Crippen MR) is 93.5 cm³/mol. The Hall–Kier alpha value is 0.227. The SMILES string of the molecule is O=C1CC(CCCCCCCCCCC[Si](Cl)(Cl)Cl)C(=O)O1. The maximum atomic E-state index is 11.3. The third-order valence-electron chi connectivity index (χ3n) is 3.97. The van der Waals surface area contributed by atoms with Crippen molar-refractivity contribution in [3.63, 3.8) is 0 Å². The van der Waals surface area contributed by atoms with Crippen LogP contribution in [0.1, 0.15) is 70.6 Å². The van der Waals surface area contributed by atoms with Gasteiger partial charge in [-0.25, -0.2) is 0 Å². The predicted octanol–water partition coefficient (Wildman–Crippen LogP) is 5.63. The van der Waals surface area contributed by atoms with Crippen LogP contribution in [-0.2, 0) is 14.3 Å². The van der Waals surface area contributed by atoms with Crippen LogP contribution in [-0.4, -0.2) is 17.9 Å². The fourth-order valence-electron chi connectivity index (χ4n) is 2.70. The van der Waals surface area contributed by atoms with Gasteiger partial charge in [0, 0.05) is 0 Å². The average molecular weight is 388 g/mol. The lowest BCUT2D eigenvalue weighted by atomic mass is 9.99. The summed E-state index contributed by atoms with van der Waals surface area (Å²) in [7, 11) is 0. The zero-order valence-corrected chi connectivity index (χ0v) is 16.2. The topological polar surface area (TPSA) is 43.4 Å². The maximum Gasteiger partial charge on any atom is 0.341 e. The van der Waals surface area contributed by atoms with E-state index in [1.807, 2.05) is 0 Å². The lowest BCUT2D eigenvalue weighted by Crippen LogP contribution is -2.07. The van der Waals surface area contributed by atoms with Gasteiger partial charge in [-0.15, -0.1) is 33.2 Å².